The number of hydrazine groups is 1. The molecule has 0 bridgehead atoms. The lowest BCUT2D eigenvalue weighted by Gasteiger charge is -2.26. The number of rotatable bonds is 2. The fraction of sp³-hybridized carbons (Fsp3) is 0.800. The number of alkyl halides is 3. The number of carbonyl (C=O) groups excluding carboxylic acids is 1. The van der Waals surface area contributed by atoms with Gasteiger partial charge in [0.15, 0.2) is 0 Å². The van der Waals surface area contributed by atoms with Crippen LogP contribution in [0.5, 0.6) is 0 Å². The number of aliphatic hydroxyl groups is 1. The summed E-state index contributed by atoms with van der Waals surface area (Å²) in [5, 5.41) is 8.81. The molecule has 12 heavy (non-hydrogen) atoms. The van der Waals surface area contributed by atoms with Crippen molar-refractivity contribution in [3.05, 3.63) is 0 Å². The average Bonchev–Trinajstić information content (AvgIpc) is 1.99. The Labute approximate surface area is 66.5 Å². The molecule has 0 aliphatic heterocycles. The van der Waals surface area contributed by atoms with Gasteiger partial charge in [0, 0.05) is 0 Å². The first-order chi connectivity index (χ1) is 5.29. The van der Waals surface area contributed by atoms with Crippen LogP contribution in [0, 0.1) is 0 Å². The minimum Gasteiger partial charge on any atom is -0.373 e. The molecule has 4 N–H and O–H groups in total. The van der Waals surface area contributed by atoms with Crippen LogP contribution in [0.25, 0.3) is 0 Å². The fourth-order valence-corrected chi connectivity index (χ4v) is 0.609. The van der Waals surface area contributed by atoms with E-state index >= 15 is 0 Å². The molecule has 0 saturated heterocycles. The molecule has 0 aliphatic rings. The number of hydrogen-bond donors (Lipinski definition) is 3. The van der Waals surface area contributed by atoms with Crippen LogP contribution in [0.4, 0.5) is 13.2 Å². The predicted octanol–water partition coefficient (Wildman–Crippen LogP) is -0.320. The zero-order valence-electron chi connectivity index (χ0n) is 6.27. The molecule has 7 heteroatoms. The Kier molecular flexibility index (Phi) is 3.05. The van der Waals surface area contributed by atoms with Crippen molar-refractivity contribution in [1.29, 1.82) is 0 Å². The quantitative estimate of drug-likeness (QED) is 0.314. The molecular weight excluding hydrogens is 177 g/mol. The zero-order valence-corrected chi connectivity index (χ0v) is 6.27. The smallest absolute Gasteiger partial charge is 0.373 e. The summed E-state index contributed by atoms with van der Waals surface area (Å²) in [4.78, 5) is 10.5. The van der Waals surface area contributed by atoms with Gasteiger partial charge in [-0.1, -0.05) is 6.92 Å². The fourth-order valence-electron chi connectivity index (χ4n) is 0.609. The van der Waals surface area contributed by atoms with Gasteiger partial charge in [0.1, 0.15) is 0 Å². The number of hydrogen-bond acceptors (Lipinski definition) is 3. The van der Waals surface area contributed by atoms with Crippen molar-refractivity contribution in [2.75, 3.05) is 0 Å². The third-order valence-corrected chi connectivity index (χ3v) is 1.49. The van der Waals surface area contributed by atoms with Gasteiger partial charge in [-0.2, -0.15) is 13.2 Å². The van der Waals surface area contributed by atoms with Crippen molar-refractivity contribution in [2.24, 2.45) is 5.84 Å². The zero-order chi connectivity index (χ0) is 9.99. The molecular formula is C5H9F3N2O2. The van der Waals surface area contributed by atoms with Crippen molar-refractivity contribution in [3.8, 4) is 0 Å². The van der Waals surface area contributed by atoms with Crippen LogP contribution in [0.2, 0.25) is 0 Å². The first-order valence-corrected chi connectivity index (χ1v) is 3.09. The minimum absolute atomic E-state index is 0.778. The molecule has 0 rings (SSSR count). The van der Waals surface area contributed by atoms with E-state index in [1.165, 1.54) is 5.43 Å². The van der Waals surface area contributed by atoms with E-state index in [1.54, 1.807) is 0 Å². The third-order valence-electron chi connectivity index (χ3n) is 1.49. The average molecular weight is 186 g/mol. The van der Waals surface area contributed by atoms with Gasteiger partial charge >= 0.3 is 6.18 Å². The molecule has 0 aromatic rings. The van der Waals surface area contributed by atoms with Gasteiger partial charge in [-0.05, 0) is 6.42 Å². The second-order valence-corrected chi connectivity index (χ2v) is 2.19. The van der Waals surface area contributed by atoms with E-state index in [0.717, 1.165) is 6.92 Å². The maximum atomic E-state index is 12.0. The number of nitrogens with one attached hydrogen (secondary N) is 1. The van der Waals surface area contributed by atoms with Gasteiger partial charge in [-0.15, -0.1) is 0 Å². The molecule has 0 aliphatic carbocycles. The van der Waals surface area contributed by atoms with Crippen molar-refractivity contribution in [1.82, 2.24) is 5.43 Å². The van der Waals surface area contributed by atoms with Crippen molar-refractivity contribution in [2.45, 2.75) is 25.1 Å². The van der Waals surface area contributed by atoms with Crippen molar-refractivity contribution >= 4 is 5.91 Å². The molecule has 72 valence electrons. The molecule has 4 nitrogen and oxygen atoms in total. The lowest BCUT2D eigenvalue weighted by Crippen LogP contribution is -2.58. The van der Waals surface area contributed by atoms with Crippen LogP contribution in [0.1, 0.15) is 13.3 Å². The first-order valence-electron chi connectivity index (χ1n) is 3.09. The van der Waals surface area contributed by atoms with E-state index < -0.39 is 24.1 Å². The van der Waals surface area contributed by atoms with Crippen molar-refractivity contribution in [3.63, 3.8) is 0 Å². The highest BCUT2D eigenvalue weighted by molar-refractivity contribution is 5.85. The van der Waals surface area contributed by atoms with Crippen LogP contribution in [0.3, 0.4) is 0 Å². The Bertz CT molecular complexity index is 182. The highest BCUT2D eigenvalue weighted by Crippen LogP contribution is 2.32. The molecule has 1 atom stereocenters. The third kappa shape index (κ3) is 1.67. The van der Waals surface area contributed by atoms with Gasteiger partial charge in [0.2, 0.25) is 5.60 Å². The van der Waals surface area contributed by atoms with Crippen molar-refractivity contribution < 1.29 is 23.1 Å². The minimum atomic E-state index is -5.01. The maximum Gasteiger partial charge on any atom is 0.426 e. The Morgan fingerprint density at radius 1 is 1.58 bits per heavy atom. The van der Waals surface area contributed by atoms with E-state index in [2.05, 4.69) is 5.84 Å². The van der Waals surface area contributed by atoms with Gasteiger partial charge in [0.25, 0.3) is 5.91 Å². The molecule has 0 aromatic heterocycles. The van der Waals surface area contributed by atoms with Gasteiger partial charge in [0.05, 0.1) is 0 Å². The molecule has 0 unspecified atom stereocenters. The summed E-state index contributed by atoms with van der Waals surface area (Å²) in [6.07, 6.45) is -5.79. The number of carbonyl (C=O) groups is 1. The van der Waals surface area contributed by atoms with E-state index in [4.69, 9.17) is 5.11 Å². The van der Waals surface area contributed by atoms with Crippen LogP contribution >= 0.6 is 0 Å². The first kappa shape index (κ1) is 11.2. The lowest BCUT2D eigenvalue weighted by atomic mass is 10.00. The molecule has 0 aromatic carbocycles. The topological polar surface area (TPSA) is 75.3 Å². The van der Waals surface area contributed by atoms with E-state index in [-0.39, 0.29) is 0 Å². The Morgan fingerprint density at radius 2 is 2.00 bits per heavy atom. The summed E-state index contributed by atoms with van der Waals surface area (Å²) in [6, 6.07) is 0. The largest absolute Gasteiger partial charge is 0.426 e. The highest BCUT2D eigenvalue weighted by atomic mass is 19.4. The summed E-state index contributed by atoms with van der Waals surface area (Å²) in [7, 11) is 0. The Hall–Kier alpha value is -0.820. The normalized spacial score (nSPS) is 16.8. The summed E-state index contributed by atoms with van der Waals surface area (Å²) >= 11 is 0. The maximum absolute atomic E-state index is 12.0. The number of halogens is 3. The number of amides is 1. The molecule has 1 amide bonds. The lowest BCUT2D eigenvalue weighted by molar-refractivity contribution is -0.252. The molecule has 0 spiro atoms. The van der Waals surface area contributed by atoms with Gasteiger partial charge in [-0.25, -0.2) is 5.84 Å². The molecule has 0 fully saturated rings. The summed E-state index contributed by atoms with van der Waals surface area (Å²) in [5.41, 5.74) is -2.13. The molecule has 0 heterocycles. The van der Waals surface area contributed by atoms with Gasteiger partial charge in [-0.3, -0.25) is 10.2 Å². The second-order valence-electron chi connectivity index (χ2n) is 2.19. The van der Waals surface area contributed by atoms with E-state index in [0.29, 0.717) is 0 Å². The summed E-state index contributed by atoms with van der Waals surface area (Å²) < 4.78 is 35.9. The Balaban J connectivity index is 4.80. The highest BCUT2D eigenvalue weighted by Gasteiger charge is 2.57. The Morgan fingerprint density at radius 3 is 2.08 bits per heavy atom. The molecule has 0 radical (unpaired) electrons. The van der Waals surface area contributed by atoms with E-state index in [9.17, 15) is 18.0 Å². The predicted molar refractivity (Wildman–Crippen MR) is 33.6 cm³/mol. The standard InChI is InChI=1S/C5H9F3N2O2/c1-2-4(12,3(11)10-9)5(6,7)8/h12H,2,9H2,1H3,(H,10,11)/t4-/m0/s1. The van der Waals surface area contributed by atoms with Crippen LogP contribution in [-0.4, -0.2) is 22.8 Å². The second kappa shape index (κ2) is 3.28. The molecule has 0 saturated carbocycles. The summed E-state index contributed by atoms with van der Waals surface area (Å²) in [6.45, 7) is 1.03. The van der Waals surface area contributed by atoms with Crippen LogP contribution in [-0.2, 0) is 4.79 Å². The SMILES string of the molecule is CC[C@](O)(C(=O)NN)C(F)(F)F. The van der Waals surface area contributed by atoms with Gasteiger partial charge < -0.3 is 5.11 Å². The number of nitrogens with two attached hydrogens (primary N) is 1. The van der Waals surface area contributed by atoms with Crippen LogP contribution in [0.15, 0.2) is 0 Å². The summed E-state index contributed by atoms with van der Waals surface area (Å²) in [5.74, 6) is 2.82. The van der Waals surface area contributed by atoms with Crippen LogP contribution < -0.4 is 11.3 Å². The van der Waals surface area contributed by atoms with E-state index in [1.807, 2.05) is 0 Å². The monoisotopic (exact) mass is 186 g/mol.